The van der Waals surface area contributed by atoms with E-state index in [1.807, 2.05) is 47.4 Å². The molecule has 1 aliphatic rings. The van der Waals surface area contributed by atoms with Crippen molar-refractivity contribution in [2.75, 3.05) is 33.6 Å². The third-order valence-corrected chi connectivity index (χ3v) is 7.27. The van der Waals surface area contributed by atoms with Crippen LogP contribution in [0.25, 0.3) is 11.3 Å². The van der Waals surface area contributed by atoms with Gasteiger partial charge in [-0.2, -0.15) is 5.10 Å². The Morgan fingerprint density at radius 2 is 1.81 bits per heavy atom. The topological polar surface area (TPSA) is 65.8 Å². The van der Waals surface area contributed by atoms with Crippen LogP contribution >= 0.6 is 27.7 Å². The van der Waals surface area contributed by atoms with Crippen molar-refractivity contribution in [1.29, 1.82) is 0 Å². The molecule has 1 fully saturated rings. The highest BCUT2D eigenvalue weighted by atomic mass is 79.9. The van der Waals surface area contributed by atoms with Crippen LogP contribution in [-0.2, 0) is 7.05 Å². The maximum absolute atomic E-state index is 13.5. The Balaban J connectivity index is 1.66. The Morgan fingerprint density at radius 3 is 2.50 bits per heavy atom. The number of ether oxygens (including phenoxy) is 3. The predicted octanol–water partition coefficient (Wildman–Crippen LogP) is 4.76. The summed E-state index contributed by atoms with van der Waals surface area (Å²) >= 11 is 5.29. The summed E-state index contributed by atoms with van der Waals surface area (Å²) < 4.78 is 18.7. The number of hydrogen-bond acceptors (Lipinski definition) is 6. The van der Waals surface area contributed by atoms with Crippen molar-refractivity contribution >= 4 is 33.6 Å². The molecular formula is C23H24BrN3O4S. The minimum atomic E-state index is -0.0746. The number of hydrogen-bond donors (Lipinski definition) is 0. The second-order valence-electron chi connectivity index (χ2n) is 7.22. The van der Waals surface area contributed by atoms with E-state index in [1.54, 1.807) is 44.8 Å². The van der Waals surface area contributed by atoms with E-state index < -0.39 is 0 Å². The Hall–Kier alpha value is -2.65. The van der Waals surface area contributed by atoms with Gasteiger partial charge >= 0.3 is 0 Å². The van der Waals surface area contributed by atoms with Gasteiger partial charge in [0.25, 0.3) is 5.91 Å². The van der Waals surface area contributed by atoms with E-state index in [0.717, 1.165) is 27.1 Å². The van der Waals surface area contributed by atoms with Crippen LogP contribution in [0.1, 0.15) is 21.4 Å². The third kappa shape index (κ3) is 4.19. The summed E-state index contributed by atoms with van der Waals surface area (Å²) in [5, 5.41) is 4.52. The molecule has 168 valence electrons. The lowest BCUT2D eigenvalue weighted by Gasteiger charge is -2.24. The van der Waals surface area contributed by atoms with E-state index in [-0.39, 0.29) is 11.3 Å². The number of methoxy groups -OCH3 is 3. The van der Waals surface area contributed by atoms with E-state index >= 15 is 0 Å². The van der Waals surface area contributed by atoms with Crippen molar-refractivity contribution in [1.82, 2.24) is 14.7 Å². The number of aromatic nitrogens is 2. The number of carbonyl (C=O) groups excluding carboxylic acids is 1. The first-order chi connectivity index (χ1) is 15.5. The van der Waals surface area contributed by atoms with E-state index in [9.17, 15) is 4.79 Å². The molecule has 0 saturated carbocycles. The lowest BCUT2D eigenvalue weighted by molar-refractivity contribution is 0.0749. The highest BCUT2D eigenvalue weighted by Gasteiger charge is 2.33. The summed E-state index contributed by atoms with van der Waals surface area (Å²) in [5.74, 6) is 2.93. The van der Waals surface area contributed by atoms with Crippen LogP contribution in [0.2, 0.25) is 0 Å². The molecule has 1 unspecified atom stereocenters. The van der Waals surface area contributed by atoms with Crippen LogP contribution in [0.3, 0.4) is 0 Å². The van der Waals surface area contributed by atoms with E-state index in [4.69, 9.17) is 14.2 Å². The second-order valence-corrected chi connectivity index (χ2v) is 9.26. The Kier molecular flexibility index (Phi) is 6.66. The largest absolute Gasteiger partial charge is 0.497 e. The SMILES string of the molecule is COc1ccc(OC)c(-c2cc(C(=O)N3CCSC3c3ccc(OC)c(Br)c3)n(C)n2)c1. The van der Waals surface area contributed by atoms with Gasteiger partial charge in [0.2, 0.25) is 0 Å². The molecular weight excluding hydrogens is 494 g/mol. The maximum Gasteiger partial charge on any atom is 0.273 e. The van der Waals surface area contributed by atoms with E-state index in [0.29, 0.717) is 29.4 Å². The van der Waals surface area contributed by atoms with E-state index in [1.165, 1.54) is 0 Å². The number of nitrogens with zero attached hydrogens (tertiary/aromatic N) is 3. The van der Waals surface area contributed by atoms with Crippen LogP contribution in [0.15, 0.2) is 46.9 Å². The molecule has 1 saturated heterocycles. The molecule has 32 heavy (non-hydrogen) atoms. The molecule has 1 aromatic heterocycles. The quantitative estimate of drug-likeness (QED) is 0.469. The summed E-state index contributed by atoms with van der Waals surface area (Å²) in [6.07, 6.45) is 0. The van der Waals surface area contributed by atoms with Crippen molar-refractivity contribution in [3.8, 4) is 28.5 Å². The lowest BCUT2D eigenvalue weighted by Crippen LogP contribution is -2.31. The van der Waals surface area contributed by atoms with Crippen LogP contribution in [0.5, 0.6) is 17.2 Å². The molecule has 0 N–H and O–H groups in total. The summed E-state index contributed by atoms with van der Waals surface area (Å²) in [7, 11) is 6.64. The number of thioether (sulfide) groups is 1. The predicted molar refractivity (Wildman–Crippen MR) is 129 cm³/mol. The van der Waals surface area contributed by atoms with Crippen molar-refractivity contribution < 1.29 is 19.0 Å². The number of amides is 1. The molecule has 1 atom stereocenters. The Bertz CT molecular complexity index is 1150. The molecule has 1 aliphatic heterocycles. The fourth-order valence-electron chi connectivity index (χ4n) is 3.75. The second kappa shape index (κ2) is 9.46. The fraction of sp³-hybridized carbons (Fsp3) is 0.304. The van der Waals surface area contributed by atoms with Crippen LogP contribution in [0.4, 0.5) is 0 Å². The van der Waals surface area contributed by atoms with Gasteiger partial charge in [-0.15, -0.1) is 11.8 Å². The number of halogens is 1. The smallest absolute Gasteiger partial charge is 0.273 e. The van der Waals surface area contributed by atoms with Crippen LogP contribution < -0.4 is 14.2 Å². The highest BCUT2D eigenvalue weighted by Crippen LogP contribution is 2.41. The molecule has 0 aliphatic carbocycles. The van der Waals surface area contributed by atoms with Crippen LogP contribution in [-0.4, -0.2) is 54.2 Å². The molecule has 3 aromatic rings. The first-order valence-corrected chi connectivity index (χ1v) is 11.8. The first-order valence-electron chi connectivity index (χ1n) is 9.99. The van der Waals surface area contributed by atoms with E-state index in [2.05, 4.69) is 21.0 Å². The number of aryl methyl sites for hydroxylation is 1. The van der Waals surface area contributed by atoms with Crippen molar-refractivity contribution in [3.05, 3.63) is 58.2 Å². The minimum Gasteiger partial charge on any atom is -0.497 e. The monoisotopic (exact) mass is 517 g/mol. The number of carbonyl (C=O) groups is 1. The molecule has 2 heterocycles. The standard InChI is InChI=1S/C23H24BrN3O4S/c1-26-19(13-18(25-26)16-12-15(29-2)6-8-20(16)30-3)22(28)27-9-10-32-23(27)14-5-7-21(31-4)17(24)11-14/h5-8,11-13,23H,9-10H2,1-4H3. The maximum atomic E-state index is 13.5. The molecule has 2 aromatic carbocycles. The van der Waals surface area contributed by atoms with Gasteiger partial charge in [-0.25, -0.2) is 0 Å². The third-order valence-electron chi connectivity index (χ3n) is 5.39. The summed E-state index contributed by atoms with van der Waals surface area (Å²) in [6, 6.07) is 13.3. The Labute approximate surface area is 199 Å². The van der Waals surface area contributed by atoms with Crippen LogP contribution in [0, 0.1) is 0 Å². The van der Waals surface area contributed by atoms with Crippen molar-refractivity contribution in [3.63, 3.8) is 0 Å². The normalized spacial score (nSPS) is 15.7. The summed E-state index contributed by atoms with van der Waals surface area (Å²) in [4.78, 5) is 15.4. The average molecular weight is 518 g/mol. The van der Waals surface area contributed by atoms with Gasteiger partial charge in [0, 0.05) is 24.9 Å². The zero-order chi connectivity index (χ0) is 22.8. The summed E-state index contributed by atoms with van der Waals surface area (Å²) in [5.41, 5.74) is 2.99. The van der Waals surface area contributed by atoms with Crippen molar-refractivity contribution in [2.24, 2.45) is 7.05 Å². The Morgan fingerprint density at radius 1 is 1.06 bits per heavy atom. The number of benzene rings is 2. The van der Waals surface area contributed by atoms with Gasteiger partial charge < -0.3 is 19.1 Å². The zero-order valence-corrected chi connectivity index (χ0v) is 20.7. The lowest BCUT2D eigenvalue weighted by atomic mass is 10.1. The summed E-state index contributed by atoms with van der Waals surface area (Å²) in [6.45, 7) is 0.667. The van der Waals surface area contributed by atoms with Gasteiger partial charge in [0.05, 0.1) is 31.5 Å². The molecule has 9 heteroatoms. The molecule has 7 nitrogen and oxygen atoms in total. The number of rotatable bonds is 6. The molecule has 0 bridgehead atoms. The average Bonchev–Trinajstić information content (AvgIpc) is 3.45. The zero-order valence-electron chi connectivity index (χ0n) is 18.3. The molecule has 4 rings (SSSR count). The van der Waals surface area contributed by atoms with Gasteiger partial charge in [0.1, 0.15) is 28.3 Å². The molecule has 0 radical (unpaired) electrons. The van der Waals surface area contributed by atoms with Gasteiger partial charge in [0.15, 0.2) is 0 Å². The molecule has 0 spiro atoms. The van der Waals surface area contributed by atoms with Gasteiger partial charge in [-0.05, 0) is 57.9 Å². The fourth-order valence-corrected chi connectivity index (χ4v) is 5.55. The van der Waals surface area contributed by atoms with Gasteiger partial charge in [-0.1, -0.05) is 6.07 Å². The minimum absolute atomic E-state index is 0.0601. The highest BCUT2D eigenvalue weighted by molar-refractivity contribution is 9.10. The first kappa shape index (κ1) is 22.5. The van der Waals surface area contributed by atoms with Gasteiger partial charge in [-0.3, -0.25) is 9.48 Å². The van der Waals surface area contributed by atoms with Crippen molar-refractivity contribution in [2.45, 2.75) is 5.37 Å². The molecule has 1 amide bonds.